The third-order valence-electron chi connectivity index (χ3n) is 0.736. The topological polar surface area (TPSA) is 40.5 Å². The SMILES string of the molecule is C[As](C)SCC(O)CO. The summed E-state index contributed by atoms with van der Waals surface area (Å²) in [5, 5.41) is 17.3. The van der Waals surface area contributed by atoms with E-state index in [9.17, 15) is 0 Å². The van der Waals surface area contributed by atoms with Crippen LogP contribution >= 0.6 is 10.0 Å². The van der Waals surface area contributed by atoms with E-state index in [0.29, 0.717) is 5.75 Å². The molecular formula is C5H13AsO2S. The Kier molecular flexibility index (Phi) is 6.12. The van der Waals surface area contributed by atoms with Crippen molar-refractivity contribution in [2.75, 3.05) is 12.4 Å². The Bertz CT molecular complexity index is 70.0. The molecule has 1 unspecified atom stereocenters. The average molecular weight is 212 g/mol. The normalized spacial score (nSPS) is 14.3. The Labute approximate surface area is 63.9 Å². The van der Waals surface area contributed by atoms with Gasteiger partial charge < -0.3 is 0 Å². The molecule has 0 radical (unpaired) electrons. The molecule has 0 bridgehead atoms. The molecule has 2 nitrogen and oxygen atoms in total. The maximum absolute atomic E-state index is 8.86. The molecule has 0 rings (SSSR count). The molecule has 0 saturated heterocycles. The summed E-state index contributed by atoms with van der Waals surface area (Å²) in [6, 6.07) is 0. The second-order valence-electron chi connectivity index (χ2n) is 1.94. The van der Waals surface area contributed by atoms with Crippen LogP contribution in [-0.4, -0.2) is 42.2 Å². The summed E-state index contributed by atoms with van der Waals surface area (Å²) in [6.07, 6.45) is -0.508. The van der Waals surface area contributed by atoms with Crippen molar-refractivity contribution < 1.29 is 10.2 Å². The van der Waals surface area contributed by atoms with Gasteiger partial charge >= 0.3 is 63.6 Å². The van der Waals surface area contributed by atoms with Crippen LogP contribution in [0.25, 0.3) is 0 Å². The number of hydrogen-bond acceptors (Lipinski definition) is 3. The molecule has 0 aromatic rings. The first-order valence-electron chi connectivity index (χ1n) is 2.76. The molecule has 4 heteroatoms. The molecule has 9 heavy (non-hydrogen) atoms. The minimum absolute atomic E-state index is 0.102. The van der Waals surface area contributed by atoms with Crippen molar-refractivity contribution in [2.24, 2.45) is 0 Å². The van der Waals surface area contributed by atoms with Crippen molar-refractivity contribution in [1.82, 2.24) is 0 Å². The monoisotopic (exact) mass is 212 g/mol. The van der Waals surface area contributed by atoms with Crippen LogP contribution in [0, 0.1) is 0 Å². The second-order valence-corrected chi connectivity index (χ2v) is 11.4. The zero-order chi connectivity index (χ0) is 7.28. The van der Waals surface area contributed by atoms with Gasteiger partial charge in [-0.3, -0.25) is 0 Å². The predicted molar refractivity (Wildman–Crippen MR) is 43.0 cm³/mol. The fourth-order valence-corrected chi connectivity index (χ4v) is 3.82. The van der Waals surface area contributed by atoms with Gasteiger partial charge in [0.15, 0.2) is 0 Å². The fraction of sp³-hybridized carbons (Fsp3) is 1.00. The molecule has 2 N–H and O–H groups in total. The van der Waals surface area contributed by atoms with Crippen LogP contribution in [0.5, 0.6) is 0 Å². The molecule has 1 atom stereocenters. The zero-order valence-corrected chi connectivity index (χ0v) is 8.43. The van der Waals surface area contributed by atoms with Crippen molar-refractivity contribution in [3.8, 4) is 0 Å². The van der Waals surface area contributed by atoms with Crippen LogP contribution in [-0.2, 0) is 0 Å². The number of aliphatic hydroxyl groups excluding tert-OH is 2. The molecule has 0 aliphatic heterocycles. The standard InChI is InChI=1S/C5H13AsO2S/c1-6(2)9-4-5(8)3-7/h5,7-8H,3-4H2,1-2H3. The van der Waals surface area contributed by atoms with Gasteiger partial charge in [-0.25, -0.2) is 0 Å². The van der Waals surface area contributed by atoms with E-state index in [-0.39, 0.29) is 6.61 Å². The van der Waals surface area contributed by atoms with E-state index in [4.69, 9.17) is 10.2 Å². The summed E-state index contributed by atoms with van der Waals surface area (Å²) in [4.78, 5) is 0. The molecule has 56 valence electrons. The van der Waals surface area contributed by atoms with E-state index in [1.54, 1.807) is 10.0 Å². The van der Waals surface area contributed by atoms with Gasteiger partial charge in [-0.1, -0.05) is 0 Å². The Hall–Kier alpha value is 0.828. The second kappa shape index (κ2) is 5.60. The quantitative estimate of drug-likeness (QED) is 0.659. The summed E-state index contributed by atoms with van der Waals surface area (Å²) in [5.74, 6) is 0.698. The molecule has 0 fully saturated rings. The van der Waals surface area contributed by atoms with E-state index in [2.05, 4.69) is 11.4 Å². The maximum atomic E-state index is 8.86. The molecule has 0 heterocycles. The van der Waals surface area contributed by atoms with E-state index in [1.165, 1.54) is 0 Å². The Morgan fingerprint density at radius 1 is 1.56 bits per heavy atom. The van der Waals surface area contributed by atoms with Crippen LogP contribution in [0.4, 0.5) is 0 Å². The number of rotatable bonds is 4. The van der Waals surface area contributed by atoms with Crippen molar-refractivity contribution >= 4 is 23.5 Å². The molecular weight excluding hydrogens is 199 g/mol. The third-order valence-corrected chi connectivity index (χ3v) is 5.97. The van der Waals surface area contributed by atoms with Crippen molar-refractivity contribution in [1.29, 1.82) is 0 Å². The minimum atomic E-state index is -0.651. The van der Waals surface area contributed by atoms with Crippen LogP contribution in [0.3, 0.4) is 0 Å². The summed E-state index contributed by atoms with van der Waals surface area (Å²) < 4.78 is 0. The zero-order valence-electron chi connectivity index (χ0n) is 5.74. The van der Waals surface area contributed by atoms with Crippen LogP contribution in [0.2, 0.25) is 11.4 Å². The molecule has 0 saturated carbocycles. The average Bonchev–Trinajstić information content (AvgIpc) is 1.83. The van der Waals surface area contributed by atoms with Gasteiger partial charge in [0.25, 0.3) is 0 Å². The van der Waals surface area contributed by atoms with Crippen LogP contribution in [0.1, 0.15) is 0 Å². The first-order chi connectivity index (χ1) is 4.16. The van der Waals surface area contributed by atoms with Gasteiger partial charge in [0.05, 0.1) is 0 Å². The van der Waals surface area contributed by atoms with Crippen molar-refractivity contribution in [2.45, 2.75) is 17.5 Å². The number of aliphatic hydroxyl groups is 2. The first-order valence-corrected chi connectivity index (χ1v) is 9.75. The first kappa shape index (κ1) is 9.83. The van der Waals surface area contributed by atoms with Crippen molar-refractivity contribution in [3.05, 3.63) is 0 Å². The molecule has 0 amide bonds. The van der Waals surface area contributed by atoms with Crippen LogP contribution in [0.15, 0.2) is 0 Å². The van der Waals surface area contributed by atoms with E-state index in [1.807, 2.05) is 0 Å². The van der Waals surface area contributed by atoms with E-state index >= 15 is 0 Å². The Morgan fingerprint density at radius 2 is 2.11 bits per heavy atom. The molecule has 0 aliphatic rings. The van der Waals surface area contributed by atoms with E-state index in [0.717, 1.165) is 0 Å². The Morgan fingerprint density at radius 3 is 2.44 bits per heavy atom. The van der Waals surface area contributed by atoms with Gasteiger partial charge in [-0.15, -0.1) is 0 Å². The summed E-state index contributed by atoms with van der Waals surface area (Å²) in [5.41, 5.74) is 4.42. The van der Waals surface area contributed by atoms with Gasteiger partial charge in [0.1, 0.15) is 0 Å². The third kappa shape index (κ3) is 6.72. The van der Waals surface area contributed by atoms with Crippen LogP contribution < -0.4 is 0 Å². The predicted octanol–water partition coefficient (Wildman–Crippen LogP) is 0.324. The van der Waals surface area contributed by atoms with E-state index < -0.39 is 19.6 Å². The molecule has 0 spiro atoms. The fourth-order valence-electron chi connectivity index (χ4n) is 0.288. The summed E-state index contributed by atoms with van der Waals surface area (Å²) >= 11 is -0.651. The summed E-state index contributed by atoms with van der Waals surface area (Å²) in [6.45, 7) is -0.102. The molecule has 0 aromatic heterocycles. The van der Waals surface area contributed by atoms with Gasteiger partial charge in [0, 0.05) is 0 Å². The molecule has 0 aliphatic carbocycles. The molecule has 0 aromatic carbocycles. The van der Waals surface area contributed by atoms with Gasteiger partial charge in [0.2, 0.25) is 0 Å². The van der Waals surface area contributed by atoms with Gasteiger partial charge in [-0.05, 0) is 0 Å². The van der Waals surface area contributed by atoms with Crippen molar-refractivity contribution in [3.63, 3.8) is 0 Å². The summed E-state index contributed by atoms with van der Waals surface area (Å²) in [7, 11) is 1.80. The number of hydrogen-bond donors (Lipinski definition) is 2. The van der Waals surface area contributed by atoms with Gasteiger partial charge in [-0.2, -0.15) is 0 Å². The Balaban J connectivity index is 3.06.